The van der Waals surface area contributed by atoms with Crippen LogP contribution in [0.1, 0.15) is 21.0 Å². The molecule has 0 saturated carbocycles. The third-order valence-corrected chi connectivity index (χ3v) is 5.55. The van der Waals surface area contributed by atoms with E-state index >= 15 is 0 Å². The van der Waals surface area contributed by atoms with Gasteiger partial charge in [-0.3, -0.25) is 0 Å². The zero-order chi connectivity index (χ0) is 22.4. The molecule has 0 bridgehead atoms. The molecule has 0 radical (unpaired) electrons. The first kappa shape index (κ1) is 19.6. The highest BCUT2D eigenvalue weighted by molar-refractivity contribution is 6.15. The van der Waals surface area contributed by atoms with E-state index in [1.807, 2.05) is 24.3 Å². The molecule has 32 heavy (non-hydrogen) atoms. The fraction of sp³-hybridized carbons (Fsp3) is 0.0833. The monoisotopic (exact) mass is 431 g/mol. The Morgan fingerprint density at radius 2 is 1.34 bits per heavy atom. The van der Waals surface area contributed by atoms with Gasteiger partial charge in [-0.05, 0) is 24.3 Å². The van der Waals surface area contributed by atoms with Gasteiger partial charge in [0.1, 0.15) is 17.2 Å². The Balaban J connectivity index is 1.92. The Labute approximate surface area is 181 Å². The lowest BCUT2D eigenvalue weighted by atomic mass is 9.94. The molecule has 3 heterocycles. The highest BCUT2D eigenvalue weighted by Gasteiger charge is 2.31. The minimum atomic E-state index is -0.646. The van der Waals surface area contributed by atoms with Gasteiger partial charge in [0.15, 0.2) is 0 Å². The molecule has 5 rings (SSSR count). The zero-order valence-electron chi connectivity index (χ0n) is 17.2. The molecule has 0 saturated heterocycles. The number of esters is 2. The Kier molecular flexibility index (Phi) is 4.55. The molecule has 2 aromatic carbocycles. The van der Waals surface area contributed by atoms with Crippen molar-refractivity contribution in [2.75, 3.05) is 14.2 Å². The predicted molar refractivity (Wildman–Crippen MR) is 118 cm³/mol. The standard InChI is InChI=1S/C24H18FN3O4/c1-31-23(29)21-19(15-10-26-17-6-4-3-5-13(15)17)20(22(28-21)24(30)32-2)16-11-27-18-9-12(25)7-8-14(16)18/h3-11,26-28H,1-2H3. The number of hydrogen-bond acceptors (Lipinski definition) is 4. The van der Waals surface area contributed by atoms with Crippen LogP contribution < -0.4 is 0 Å². The van der Waals surface area contributed by atoms with Crippen LogP contribution in [0.15, 0.2) is 54.9 Å². The minimum Gasteiger partial charge on any atom is -0.464 e. The summed E-state index contributed by atoms with van der Waals surface area (Å²) in [6.07, 6.45) is 3.46. The van der Waals surface area contributed by atoms with Gasteiger partial charge < -0.3 is 24.4 Å². The Morgan fingerprint density at radius 3 is 1.97 bits per heavy atom. The van der Waals surface area contributed by atoms with Crippen molar-refractivity contribution in [1.29, 1.82) is 0 Å². The maximum atomic E-state index is 13.8. The number of H-pyrrole nitrogens is 3. The SMILES string of the molecule is COC(=O)c1[nH]c(C(=O)OC)c(-c2c[nH]c3cc(F)ccc23)c1-c1c[nH]c2ccccc12. The number of carbonyl (C=O) groups is 2. The van der Waals surface area contributed by atoms with Crippen molar-refractivity contribution in [3.05, 3.63) is 72.1 Å². The molecule has 0 atom stereocenters. The highest BCUT2D eigenvalue weighted by atomic mass is 19.1. The first-order valence-electron chi connectivity index (χ1n) is 9.79. The molecule has 3 N–H and O–H groups in total. The zero-order valence-corrected chi connectivity index (χ0v) is 17.2. The van der Waals surface area contributed by atoms with Crippen LogP contribution in [-0.4, -0.2) is 41.1 Å². The van der Waals surface area contributed by atoms with Crippen LogP contribution in [0.2, 0.25) is 0 Å². The molecule has 0 aliphatic carbocycles. The van der Waals surface area contributed by atoms with Gasteiger partial charge in [0.2, 0.25) is 0 Å². The summed E-state index contributed by atoms with van der Waals surface area (Å²) in [5.41, 5.74) is 3.90. The Hall–Kier alpha value is -4.33. The summed E-state index contributed by atoms with van der Waals surface area (Å²) in [5, 5.41) is 1.55. The molecule has 0 amide bonds. The van der Waals surface area contributed by atoms with Crippen molar-refractivity contribution in [3.63, 3.8) is 0 Å². The number of aromatic nitrogens is 3. The number of halogens is 1. The maximum Gasteiger partial charge on any atom is 0.355 e. The summed E-state index contributed by atoms with van der Waals surface area (Å²) in [6, 6.07) is 12.0. The van der Waals surface area contributed by atoms with Crippen LogP contribution in [0.25, 0.3) is 44.1 Å². The first-order valence-corrected chi connectivity index (χ1v) is 9.79. The van der Waals surface area contributed by atoms with E-state index in [0.29, 0.717) is 33.2 Å². The number of nitrogens with one attached hydrogen (secondary N) is 3. The van der Waals surface area contributed by atoms with Crippen LogP contribution in [0.4, 0.5) is 4.39 Å². The van der Waals surface area contributed by atoms with E-state index in [0.717, 1.165) is 10.9 Å². The second-order valence-corrected chi connectivity index (χ2v) is 7.25. The van der Waals surface area contributed by atoms with Gasteiger partial charge in [-0.25, -0.2) is 14.0 Å². The van der Waals surface area contributed by atoms with E-state index in [4.69, 9.17) is 9.47 Å². The fourth-order valence-electron chi connectivity index (χ4n) is 4.13. The number of methoxy groups -OCH3 is 2. The van der Waals surface area contributed by atoms with Crippen molar-refractivity contribution in [2.45, 2.75) is 0 Å². The molecule has 8 heteroatoms. The van der Waals surface area contributed by atoms with Crippen molar-refractivity contribution in [1.82, 2.24) is 15.0 Å². The second-order valence-electron chi connectivity index (χ2n) is 7.25. The molecule has 3 aromatic heterocycles. The number of para-hydroxylation sites is 1. The fourth-order valence-corrected chi connectivity index (χ4v) is 4.13. The maximum absolute atomic E-state index is 13.8. The van der Waals surface area contributed by atoms with Crippen LogP contribution in [0.5, 0.6) is 0 Å². The normalized spacial score (nSPS) is 11.2. The largest absolute Gasteiger partial charge is 0.464 e. The number of benzene rings is 2. The van der Waals surface area contributed by atoms with Crippen molar-refractivity contribution in [3.8, 4) is 22.3 Å². The van der Waals surface area contributed by atoms with E-state index in [9.17, 15) is 14.0 Å². The summed E-state index contributed by atoms with van der Waals surface area (Å²) in [5.74, 6) is -1.67. The van der Waals surface area contributed by atoms with Crippen LogP contribution in [0, 0.1) is 5.82 Å². The molecule has 160 valence electrons. The lowest BCUT2D eigenvalue weighted by molar-refractivity contribution is 0.0591. The van der Waals surface area contributed by atoms with Crippen molar-refractivity contribution in [2.24, 2.45) is 0 Å². The molecule has 5 aromatic rings. The van der Waals surface area contributed by atoms with Gasteiger partial charge in [0, 0.05) is 56.5 Å². The summed E-state index contributed by atoms with van der Waals surface area (Å²) < 4.78 is 23.8. The summed E-state index contributed by atoms with van der Waals surface area (Å²) in [6.45, 7) is 0. The minimum absolute atomic E-state index is 0.0957. The average molecular weight is 431 g/mol. The van der Waals surface area contributed by atoms with E-state index in [2.05, 4.69) is 15.0 Å². The quantitative estimate of drug-likeness (QED) is 0.348. The third kappa shape index (κ3) is 2.88. The van der Waals surface area contributed by atoms with Gasteiger partial charge in [0.25, 0.3) is 0 Å². The van der Waals surface area contributed by atoms with E-state index < -0.39 is 11.9 Å². The molecular formula is C24H18FN3O4. The van der Waals surface area contributed by atoms with Crippen LogP contribution in [-0.2, 0) is 9.47 Å². The van der Waals surface area contributed by atoms with Crippen LogP contribution in [0.3, 0.4) is 0 Å². The molecule has 0 spiro atoms. The van der Waals surface area contributed by atoms with Crippen LogP contribution >= 0.6 is 0 Å². The molecule has 0 unspecified atom stereocenters. The Morgan fingerprint density at radius 1 is 0.781 bits per heavy atom. The molecule has 0 fully saturated rings. The van der Waals surface area contributed by atoms with Crippen molar-refractivity contribution < 1.29 is 23.5 Å². The van der Waals surface area contributed by atoms with E-state index in [1.165, 1.54) is 26.4 Å². The van der Waals surface area contributed by atoms with E-state index in [-0.39, 0.29) is 17.2 Å². The molecular weight excluding hydrogens is 413 g/mol. The van der Waals surface area contributed by atoms with Crippen molar-refractivity contribution >= 4 is 33.7 Å². The van der Waals surface area contributed by atoms with Gasteiger partial charge in [-0.2, -0.15) is 0 Å². The predicted octanol–water partition coefficient (Wildman–Crippen LogP) is 5.02. The second kappa shape index (κ2) is 7.42. The number of ether oxygens (including phenoxy) is 2. The average Bonchev–Trinajstić information content (AvgIpc) is 3.51. The third-order valence-electron chi connectivity index (χ3n) is 5.55. The Bertz CT molecular complexity index is 1510. The number of hydrogen-bond donors (Lipinski definition) is 3. The summed E-state index contributed by atoms with van der Waals surface area (Å²) in [7, 11) is 2.54. The topological polar surface area (TPSA) is 100.0 Å². The molecule has 0 aliphatic rings. The van der Waals surface area contributed by atoms with Gasteiger partial charge >= 0.3 is 11.9 Å². The number of fused-ring (bicyclic) bond motifs is 2. The number of rotatable bonds is 4. The van der Waals surface area contributed by atoms with Gasteiger partial charge in [0.05, 0.1) is 14.2 Å². The molecule has 7 nitrogen and oxygen atoms in total. The van der Waals surface area contributed by atoms with Gasteiger partial charge in [-0.1, -0.05) is 18.2 Å². The lowest BCUT2D eigenvalue weighted by Crippen LogP contribution is -2.06. The highest BCUT2D eigenvalue weighted by Crippen LogP contribution is 2.43. The first-order chi connectivity index (χ1) is 15.5. The number of aromatic amines is 3. The smallest absolute Gasteiger partial charge is 0.355 e. The molecule has 0 aliphatic heterocycles. The summed E-state index contributed by atoms with van der Waals surface area (Å²) >= 11 is 0. The summed E-state index contributed by atoms with van der Waals surface area (Å²) in [4.78, 5) is 34.7. The lowest BCUT2D eigenvalue weighted by Gasteiger charge is -2.07. The number of carbonyl (C=O) groups excluding carboxylic acids is 2. The van der Waals surface area contributed by atoms with Gasteiger partial charge in [-0.15, -0.1) is 0 Å². The van der Waals surface area contributed by atoms with E-state index in [1.54, 1.807) is 18.5 Å².